The fourth-order valence-corrected chi connectivity index (χ4v) is 2.44. The van der Waals surface area contributed by atoms with Gasteiger partial charge < -0.3 is 4.40 Å². The maximum atomic E-state index is 9.16. The Hall–Kier alpha value is -1.91. The van der Waals surface area contributed by atoms with Crippen LogP contribution in [0.25, 0.3) is 5.52 Å². The highest BCUT2D eigenvalue weighted by molar-refractivity contribution is 7.98. The molecule has 0 saturated carbocycles. The van der Waals surface area contributed by atoms with Crippen LogP contribution in [0.1, 0.15) is 16.8 Å². The van der Waals surface area contributed by atoms with E-state index in [1.807, 2.05) is 31.5 Å². The fourth-order valence-electron chi connectivity index (χ4n) is 1.75. The van der Waals surface area contributed by atoms with Crippen molar-refractivity contribution >= 4 is 17.3 Å². The molecule has 2 rings (SSSR count). The van der Waals surface area contributed by atoms with Gasteiger partial charge >= 0.3 is 0 Å². The second-order valence-corrected chi connectivity index (χ2v) is 4.26. The fraction of sp³-hybridized carbons (Fsp3) is 0.167. The van der Waals surface area contributed by atoms with Crippen molar-refractivity contribution in [3.63, 3.8) is 0 Å². The van der Waals surface area contributed by atoms with Gasteiger partial charge in [-0.05, 0) is 30.9 Å². The molecule has 0 bridgehead atoms. The van der Waals surface area contributed by atoms with Crippen LogP contribution < -0.4 is 0 Å². The topological polar surface area (TPSA) is 52.0 Å². The summed E-state index contributed by atoms with van der Waals surface area (Å²) in [5.74, 6) is 0. The minimum atomic E-state index is 0.541. The Morgan fingerprint density at radius 1 is 1.31 bits per heavy atom. The number of fused-ring (bicyclic) bond motifs is 1. The molecule has 0 aromatic carbocycles. The van der Waals surface area contributed by atoms with Crippen LogP contribution in [0, 0.1) is 29.6 Å². The van der Waals surface area contributed by atoms with Crippen LogP contribution in [0.3, 0.4) is 0 Å². The number of rotatable bonds is 1. The van der Waals surface area contributed by atoms with Gasteiger partial charge in [-0.2, -0.15) is 10.5 Å². The van der Waals surface area contributed by atoms with Crippen LogP contribution in [0.2, 0.25) is 0 Å². The molecule has 78 valence electrons. The number of pyridine rings is 1. The highest BCUT2D eigenvalue weighted by Crippen LogP contribution is 2.30. The minimum absolute atomic E-state index is 0.541. The summed E-state index contributed by atoms with van der Waals surface area (Å²) < 4.78 is 1.78. The van der Waals surface area contributed by atoms with Crippen molar-refractivity contribution < 1.29 is 0 Å². The van der Waals surface area contributed by atoms with Crippen LogP contribution in [0.15, 0.2) is 23.2 Å². The number of nitriles is 2. The van der Waals surface area contributed by atoms with Crippen LogP contribution in [-0.4, -0.2) is 10.7 Å². The highest BCUT2D eigenvalue weighted by Gasteiger charge is 2.16. The van der Waals surface area contributed by atoms with Crippen molar-refractivity contribution in [3.05, 3.63) is 35.2 Å². The van der Waals surface area contributed by atoms with E-state index >= 15 is 0 Å². The maximum absolute atomic E-state index is 9.16. The summed E-state index contributed by atoms with van der Waals surface area (Å²) in [6.45, 7) is 1.97. The monoisotopic (exact) mass is 227 g/mol. The summed E-state index contributed by atoms with van der Waals surface area (Å²) in [5.41, 5.74) is 3.02. The molecule has 0 atom stereocenters. The van der Waals surface area contributed by atoms with Crippen molar-refractivity contribution in [2.45, 2.75) is 11.8 Å². The van der Waals surface area contributed by atoms with Gasteiger partial charge in [0.2, 0.25) is 0 Å². The molecule has 0 unspecified atom stereocenters. The van der Waals surface area contributed by atoms with Crippen LogP contribution in [0.5, 0.6) is 0 Å². The van der Waals surface area contributed by atoms with E-state index in [9.17, 15) is 0 Å². The van der Waals surface area contributed by atoms with Gasteiger partial charge in [0.1, 0.15) is 17.8 Å². The number of hydrogen-bond acceptors (Lipinski definition) is 3. The molecule has 0 aliphatic heterocycles. The van der Waals surface area contributed by atoms with Gasteiger partial charge in [-0.1, -0.05) is 0 Å². The van der Waals surface area contributed by atoms with E-state index in [0.29, 0.717) is 11.3 Å². The molecule has 0 aliphatic rings. The Balaban J connectivity index is 2.99. The Morgan fingerprint density at radius 2 is 2.06 bits per heavy atom. The van der Waals surface area contributed by atoms with E-state index in [4.69, 9.17) is 10.5 Å². The Morgan fingerprint density at radius 3 is 2.62 bits per heavy atom. The van der Waals surface area contributed by atoms with E-state index < -0.39 is 0 Å². The number of aryl methyl sites for hydroxylation is 1. The molecule has 0 saturated heterocycles. The molecular weight excluding hydrogens is 218 g/mol. The van der Waals surface area contributed by atoms with E-state index in [0.717, 1.165) is 16.0 Å². The first kappa shape index (κ1) is 10.6. The van der Waals surface area contributed by atoms with E-state index in [2.05, 4.69) is 12.1 Å². The lowest BCUT2D eigenvalue weighted by Gasteiger charge is -1.97. The van der Waals surface area contributed by atoms with Gasteiger partial charge in [0.15, 0.2) is 0 Å². The molecular formula is C12H9N3S. The molecule has 4 heteroatoms. The van der Waals surface area contributed by atoms with Crippen molar-refractivity contribution in [2.75, 3.05) is 6.26 Å². The maximum Gasteiger partial charge on any atom is 0.139 e. The summed E-state index contributed by atoms with van der Waals surface area (Å²) in [6.07, 6.45) is 3.72. The summed E-state index contributed by atoms with van der Waals surface area (Å²) in [7, 11) is 0. The third-order valence-corrected chi connectivity index (χ3v) is 3.28. The molecule has 2 aromatic heterocycles. The van der Waals surface area contributed by atoms with Crippen molar-refractivity contribution in [2.24, 2.45) is 0 Å². The zero-order valence-corrected chi connectivity index (χ0v) is 9.80. The first-order valence-corrected chi connectivity index (χ1v) is 5.94. The van der Waals surface area contributed by atoms with E-state index in [1.165, 1.54) is 11.8 Å². The third-order valence-electron chi connectivity index (χ3n) is 2.47. The van der Waals surface area contributed by atoms with Crippen LogP contribution >= 0.6 is 11.8 Å². The van der Waals surface area contributed by atoms with E-state index in [-0.39, 0.29) is 0 Å². The second kappa shape index (κ2) is 3.92. The first-order chi connectivity index (χ1) is 7.72. The van der Waals surface area contributed by atoms with Crippen molar-refractivity contribution in [1.29, 1.82) is 10.5 Å². The lowest BCUT2D eigenvalue weighted by atomic mass is 10.2. The molecule has 0 fully saturated rings. The Bertz CT molecular complexity index is 641. The predicted molar refractivity (Wildman–Crippen MR) is 63.3 cm³/mol. The highest BCUT2D eigenvalue weighted by atomic mass is 32.2. The van der Waals surface area contributed by atoms with Gasteiger partial charge in [0, 0.05) is 6.20 Å². The Kier molecular flexibility index (Phi) is 2.60. The summed E-state index contributed by atoms with van der Waals surface area (Å²) in [4.78, 5) is 0.760. The lowest BCUT2D eigenvalue weighted by Crippen LogP contribution is -1.88. The van der Waals surface area contributed by atoms with E-state index in [1.54, 1.807) is 4.40 Å². The molecule has 2 aromatic rings. The third kappa shape index (κ3) is 1.36. The quantitative estimate of drug-likeness (QED) is 0.704. The first-order valence-electron chi connectivity index (χ1n) is 4.71. The smallest absolute Gasteiger partial charge is 0.139 e. The number of thioether (sulfide) groups is 1. The standard InChI is InChI=1S/C12H9N3S/c1-8-3-4-15-10(5-8)9(6-13)12(16-2)11(15)7-14/h3-5H,1-2H3. The van der Waals surface area contributed by atoms with Gasteiger partial charge in [0.25, 0.3) is 0 Å². The largest absolute Gasteiger partial charge is 0.306 e. The molecule has 2 heterocycles. The zero-order valence-electron chi connectivity index (χ0n) is 8.98. The SMILES string of the molecule is CSc1c(C#N)c2cc(C)ccn2c1C#N. The predicted octanol–water partition coefficient (Wildman–Crippen LogP) is 2.71. The van der Waals surface area contributed by atoms with Crippen molar-refractivity contribution in [1.82, 2.24) is 4.40 Å². The molecule has 0 N–H and O–H groups in total. The van der Waals surface area contributed by atoms with Gasteiger partial charge in [-0.15, -0.1) is 11.8 Å². The van der Waals surface area contributed by atoms with Gasteiger partial charge in [0.05, 0.1) is 16.0 Å². The molecule has 0 radical (unpaired) electrons. The average Bonchev–Trinajstić information content (AvgIpc) is 2.60. The molecule has 3 nitrogen and oxygen atoms in total. The van der Waals surface area contributed by atoms with Gasteiger partial charge in [-0.3, -0.25) is 0 Å². The number of nitrogens with zero attached hydrogens (tertiary/aromatic N) is 3. The molecule has 0 aliphatic carbocycles. The zero-order chi connectivity index (χ0) is 11.7. The van der Waals surface area contributed by atoms with Crippen molar-refractivity contribution in [3.8, 4) is 12.1 Å². The average molecular weight is 227 g/mol. The normalized spacial score (nSPS) is 10.0. The lowest BCUT2D eigenvalue weighted by molar-refractivity contribution is 1.12. The number of aromatic nitrogens is 1. The minimum Gasteiger partial charge on any atom is -0.306 e. The second-order valence-electron chi connectivity index (χ2n) is 3.44. The molecule has 0 amide bonds. The summed E-state index contributed by atoms with van der Waals surface area (Å²) in [6, 6.07) is 8.19. The molecule has 16 heavy (non-hydrogen) atoms. The molecule has 0 spiro atoms. The number of hydrogen-bond donors (Lipinski definition) is 0. The van der Waals surface area contributed by atoms with Crippen LogP contribution in [0.4, 0.5) is 0 Å². The van der Waals surface area contributed by atoms with Crippen LogP contribution in [-0.2, 0) is 0 Å². The van der Waals surface area contributed by atoms with Gasteiger partial charge in [-0.25, -0.2) is 0 Å². The summed E-state index contributed by atoms with van der Waals surface area (Å²) >= 11 is 1.44. The summed E-state index contributed by atoms with van der Waals surface area (Å²) in [5, 5.41) is 18.3. The Labute approximate surface area is 97.9 Å².